The van der Waals surface area contributed by atoms with Crippen molar-refractivity contribution >= 4 is 26.6 Å². The van der Waals surface area contributed by atoms with Crippen molar-refractivity contribution in [3.8, 4) is 0 Å². The molecule has 0 saturated carbocycles. The first-order valence-electron chi connectivity index (χ1n) is 3.26. The molecular weight excluding hydrogens is 143 g/mol. The highest BCUT2D eigenvalue weighted by atomic mass is 27.2. The van der Waals surface area contributed by atoms with E-state index in [0.29, 0.717) is 5.90 Å². The predicted molar refractivity (Wildman–Crippen MR) is 46.3 cm³/mol. The fourth-order valence-corrected chi connectivity index (χ4v) is 1.14. The van der Waals surface area contributed by atoms with Gasteiger partial charge in [-0.2, -0.15) is 0 Å². The number of nitrogens with zero attached hydrogens (tertiary/aromatic N) is 2. The van der Waals surface area contributed by atoms with E-state index in [1.807, 2.05) is 0 Å². The first-order valence-corrected chi connectivity index (χ1v) is 6.04. The maximum Gasteiger partial charge on any atom is 0.541 e. The van der Waals surface area contributed by atoms with Crippen molar-refractivity contribution in [2.24, 2.45) is 9.98 Å². The van der Waals surface area contributed by atoms with Gasteiger partial charge in [-0.05, 0) is 0 Å². The molecule has 4 heteroatoms. The molecule has 0 heterocycles. The Kier molecular flexibility index (Phi) is 5.28. The summed E-state index contributed by atoms with van der Waals surface area (Å²) < 4.78 is 5.38. The molecule has 0 unspecified atom stereocenters. The number of hydrogen-bond acceptors (Lipinski definition) is 3. The van der Waals surface area contributed by atoms with E-state index >= 15 is 0 Å². The summed E-state index contributed by atoms with van der Waals surface area (Å²) >= 11 is -1.000. The molecule has 0 spiro atoms. The molecule has 0 radical (unpaired) electrons. The second kappa shape index (κ2) is 5.46. The van der Waals surface area contributed by atoms with Crippen LogP contribution in [0, 0.1) is 0 Å². The Labute approximate surface area is 66.6 Å². The van der Waals surface area contributed by atoms with Crippen LogP contribution in [0.4, 0.5) is 0 Å². The van der Waals surface area contributed by atoms with Crippen molar-refractivity contribution in [2.75, 3.05) is 14.1 Å². The summed E-state index contributed by atoms with van der Waals surface area (Å²) in [6.45, 7) is 0. The summed E-state index contributed by atoms with van der Waals surface area (Å²) in [6, 6.07) is 0. The lowest BCUT2D eigenvalue weighted by Gasteiger charge is -2.04. The molecule has 0 aliphatic carbocycles. The van der Waals surface area contributed by atoms with Gasteiger partial charge < -0.3 is 3.79 Å². The third-order valence-corrected chi connectivity index (χ3v) is 1.53. The first kappa shape index (κ1) is 9.67. The zero-order valence-electron chi connectivity index (χ0n) is 6.96. The molecule has 0 atom stereocenters. The molecule has 0 amide bonds. The molecule has 0 bridgehead atoms. The van der Waals surface area contributed by atoms with Crippen LogP contribution >= 0.6 is 0 Å². The van der Waals surface area contributed by atoms with Crippen LogP contribution in [0.5, 0.6) is 0 Å². The van der Waals surface area contributed by atoms with E-state index in [-0.39, 0.29) is 0 Å². The summed E-state index contributed by atoms with van der Waals surface area (Å²) in [7, 11) is 3.41. The van der Waals surface area contributed by atoms with Gasteiger partial charge in [-0.25, -0.2) is 0 Å². The first-order chi connectivity index (χ1) is 4.70. The fourth-order valence-electron chi connectivity index (χ4n) is 0.493. The predicted octanol–water partition coefficient (Wildman–Crippen LogP) is 0.983. The molecule has 3 nitrogen and oxygen atoms in total. The van der Waals surface area contributed by atoms with E-state index < -0.39 is 14.5 Å². The highest BCUT2D eigenvalue weighted by Gasteiger charge is 2.07. The van der Waals surface area contributed by atoms with Gasteiger partial charge in [-0.1, -0.05) is 11.6 Å². The summed E-state index contributed by atoms with van der Waals surface area (Å²) in [6.07, 6.45) is 1.63. The maximum atomic E-state index is 5.38. The molecule has 0 aromatic rings. The molecule has 0 N–H and O–H groups in total. The standard InChI is InChI=1S/C4H8N2O.2CH3.Al/c1-5-3-4(7)6-2;;;/h3H,1-2H3,(H,6,7);2*1H3;/q;;;+1/p-1. The van der Waals surface area contributed by atoms with E-state index in [4.69, 9.17) is 3.79 Å². The van der Waals surface area contributed by atoms with E-state index in [2.05, 4.69) is 21.6 Å². The van der Waals surface area contributed by atoms with Crippen molar-refractivity contribution in [3.63, 3.8) is 0 Å². The zero-order chi connectivity index (χ0) is 7.98. The Morgan fingerprint density at radius 3 is 2.30 bits per heavy atom. The van der Waals surface area contributed by atoms with Gasteiger partial charge in [-0.15, -0.1) is 0 Å². The molecule has 0 rings (SSSR count). The molecule has 56 valence electrons. The number of rotatable bonds is 2. The van der Waals surface area contributed by atoms with E-state index in [1.165, 1.54) is 0 Å². The van der Waals surface area contributed by atoms with Crippen molar-refractivity contribution in [2.45, 2.75) is 11.6 Å². The number of hydrogen-bond donors (Lipinski definition) is 0. The summed E-state index contributed by atoms with van der Waals surface area (Å²) in [5.74, 6) is 4.83. The van der Waals surface area contributed by atoms with Gasteiger partial charge in [0.15, 0.2) is 5.90 Å². The van der Waals surface area contributed by atoms with Crippen LogP contribution in [0.2, 0.25) is 11.6 Å². The lowest BCUT2D eigenvalue weighted by Crippen LogP contribution is -2.16. The molecule has 0 fully saturated rings. The van der Waals surface area contributed by atoms with Gasteiger partial charge in [0.1, 0.15) is 0 Å². The molecule has 0 saturated heterocycles. The van der Waals surface area contributed by atoms with Crippen molar-refractivity contribution in [1.82, 2.24) is 0 Å². The van der Waals surface area contributed by atoms with E-state index in [0.717, 1.165) is 0 Å². The molecular formula is C6H13AlN2O. The molecule has 10 heavy (non-hydrogen) atoms. The summed E-state index contributed by atoms with van der Waals surface area (Å²) in [5.41, 5.74) is 0. The monoisotopic (exact) mass is 156 g/mol. The minimum Gasteiger partial charge on any atom is -0.628 e. The van der Waals surface area contributed by atoms with Crippen LogP contribution < -0.4 is 0 Å². The smallest absolute Gasteiger partial charge is 0.541 e. The quantitative estimate of drug-likeness (QED) is 0.333. The largest absolute Gasteiger partial charge is 0.628 e. The molecule has 0 aliphatic heterocycles. The second-order valence-electron chi connectivity index (χ2n) is 2.12. The minimum absolute atomic E-state index is 0.643. The van der Waals surface area contributed by atoms with Gasteiger partial charge in [0.25, 0.3) is 0 Å². The third-order valence-electron chi connectivity index (χ3n) is 0.816. The Morgan fingerprint density at radius 2 is 2.00 bits per heavy atom. The highest BCUT2D eigenvalue weighted by Crippen LogP contribution is 1.85. The van der Waals surface area contributed by atoms with Crippen LogP contribution in [0.3, 0.4) is 0 Å². The maximum absolute atomic E-state index is 5.38. The van der Waals surface area contributed by atoms with Crippen molar-refractivity contribution in [3.05, 3.63) is 0 Å². The van der Waals surface area contributed by atoms with E-state index in [1.54, 1.807) is 20.3 Å². The van der Waals surface area contributed by atoms with Crippen molar-refractivity contribution < 1.29 is 3.79 Å². The van der Waals surface area contributed by atoms with Gasteiger partial charge >= 0.3 is 14.5 Å². The average Bonchev–Trinajstić information content (AvgIpc) is 1.86. The topological polar surface area (TPSA) is 34.0 Å². The third kappa shape index (κ3) is 4.54. The normalized spacial score (nSPS) is 12.2. The van der Waals surface area contributed by atoms with Crippen LogP contribution in [0.25, 0.3) is 0 Å². The fraction of sp³-hybridized carbons (Fsp3) is 0.667. The van der Waals surface area contributed by atoms with Crippen LogP contribution in [-0.4, -0.2) is 40.7 Å². The summed E-state index contributed by atoms with van der Waals surface area (Å²) in [4.78, 5) is 7.70. The Bertz CT molecular complexity index is 143. The Morgan fingerprint density at radius 1 is 1.40 bits per heavy atom. The Balaban J connectivity index is 3.86. The van der Waals surface area contributed by atoms with E-state index in [9.17, 15) is 0 Å². The van der Waals surface area contributed by atoms with Crippen LogP contribution in [0.1, 0.15) is 0 Å². The molecule has 0 aromatic carbocycles. The van der Waals surface area contributed by atoms with Gasteiger partial charge in [0, 0.05) is 14.1 Å². The van der Waals surface area contributed by atoms with Crippen LogP contribution in [-0.2, 0) is 3.79 Å². The lowest BCUT2D eigenvalue weighted by atomic mass is 10.7. The van der Waals surface area contributed by atoms with Crippen molar-refractivity contribution in [1.29, 1.82) is 0 Å². The van der Waals surface area contributed by atoms with Crippen LogP contribution in [0.15, 0.2) is 9.98 Å². The minimum atomic E-state index is -1.000. The van der Waals surface area contributed by atoms with Gasteiger partial charge in [0.2, 0.25) is 0 Å². The zero-order valence-corrected chi connectivity index (χ0v) is 8.11. The second-order valence-corrected chi connectivity index (χ2v) is 4.45. The summed E-state index contributed by atoms with van der Waals surface area (Å²) in [5, 5.41) is 0. The Hall–Kier alpha value is -0.328. The average molecular weight is 156 g/mol. The molecule has 0 aromatic heterocycles. The van der Waals surface area contributed by atoms with Gasteiger partial charge in [-0.3, -0.25) is 9.98 Å². The molecule has 0 aliphatic rings. The SMILES string of the molecule is CN=CC(=NC)[O][Al]([CH3])[CH3]. The number of aliphatic imine (C=N–C) groups is 2. The highest BCUT2D eigenvalue weighted by molar-refractivity contribution is 6.53. The lowest BCUT2D eigenvalue weighted by molar-refractivity contribution is 0.586. The van der Waals surface area contributed by atoms with Gasteiger partial charge in [0.05, 0.1) is 6.21 Å².